The number of nitrogens with one attached hydrogen (secondary N) is 1. The lowest BCUT2D eigenvalue weighted by Crippen LogP contribution is -2.34. The van der Waals surface area contributed by atoms with Crippen molar-refractivity contribution in [1.82, 2.24) is 14.8 Å². The Morgan fingerprint density at radius 3 is 2.60 bits per heavy atom. The maximum absolute atomic E-state index is 12.6. The van der Waals surface area contributed by atoms with Gasteiger partial charge >= 0.3 is 0 Å². The largest absolute Gasteiger partial charge is 0.497 e. The molecule has 1 aliphatic heterocycles. The van der Waals surface area contributed by atoms with E-state index in [1.807, 2.05) is 0 Å². The average Bonchev–Trinajstić information content (AvgIpc) is 3.51. The highest BCUT2D eigenvalue weighted by molar-refractivity contribution is 7.99. The summed E-state index contributed by atoms with van der Waals surface area (Å²) in [7, 11) is 3.17. The number of hydrogen-bond acceptors (Lipinski definition) is 7. The van der Waals surface area contributed by atoms with Crippen molar-refractivity contribution in [3.63, 3.8) is 0 Å². The summed E-state index contributed by atoms with van der Waals surface area (Å²) in [6.45, 7) is 4.35. The van der Waals surface area contributed by atoms with Crippen LogP contribution in [0.2, 0.25) is 0 Å². The van der Waals surface area contributed by atoms with Crippen LogP contribution in [-0.4, -0.2) is 53.7 Å². The average molecular weight is 432 g/mol. The first kappa shape index (κ1) is 20.8. The van der Waals surface area contributed by atoms with Gasteiger partial charge in [0.1, 0.15) is 11.5 Å². The number of rotatable bonds is 8. The maximum Gasteiger partial charge on any atom is 0.234 e. The molecule has 2 aromatic rings. The van der Waals surface area contributed by atoms with Crippen LogP contribution in [0.4, 0.5) is 11.6 Å². The van der Waals surface area contributed by atoms with Crippen molar-refractivity contribution in [3.8, 4) is 11.5 Å². The van der Waals surface area contributed by atoms with E-state index in [1.54, 1.807) is 32.4 Å². The Kier molecular flexibility index (Phi) is 6.36. The Balaban J connectivity index is 1.42. The van der Waals surface area contributed by atoms with Gasteiger partial charge in [-0.3, -0.25) is 9.36 Å². The molecular weight excluding hydrogens is 402 g/mol. The second kappa shape index (κ2) is 9.16. The maximum atomic E-state index is 12.6. The molecule has 0 atom stereocenters. The number of piperidine rings is 1. The van der Waals surface area contributed by atoms with Crippen molar-refractivity contribution >= 4 is 29.3 Å². The number of methoxy groups -OCH3 is 2. The van der Waals surface area contributed by atoms with Gasteiger partial charge in [0.25, 0.3) is 0 Å². The van der Waals surface area contributed by atoms with Crippen molar-refractivity contribution in [2.45, 2.75) is 43.8 Å². The monoisotopic (exact) mass is 431 g/mol. The summed E-state index contributed by atoms with van der Waals surface area (Å²) in [5, 5.41) is 12.6. The van der Waals surface area contributed by atoms with Crippen LogP contribution in [0, 0.1) is 5.92 Å². The smallest absolute Gasteiger partial charge is 0.234 e. The van der Waals surface area contributed by atoms with Gasteiger partial charge in [-0.15, -0.1) is 10.2 Å². The number of hydrogen-bond donors (Lipinski definition) is 1. The van der Waals surface area contributed by atoms with Crippen LogP contribution in [0.5, 0.6) is 11.5 Å². The van der Waals surface area contributed by atoms with E-state index in [-0.39, 0.29) is 11.7 Å². The Morgan fingerprint density at radius 1 is 1.17 bits per heavy atom. The third-order valence-corrected chi connectivity index (χ3v) is 6.58. The molecule has 1 amide bonds. The van der Waals surface area contributed by atoms with E-state index in [0.29, 0.717) is 23.2 Å². The normalized spacial score (nSPS) is 17.1. The van der Waals surface area contributed by atoms with Gasteiger partial charge in [-0.2, -0.15) is 0 Å². The predicted molar refractivity (Wildman–Crippen MR) is 118 cm³/mol. The minimum Gasteiger partial charge on any atom is -0.497 e. The number of ether oxygens (including phenoxy) is 2. The second-order valence-corrected chi connectivity index (χ2v) is 8.90. The van der Waals surface area contributed by atoms with Crippen LogP contribution in [-0.2, 0) is 4.79 Å². The highest BCUT2D eigenvalue weighted by atomic mass is 32.2. The molecule has 1 aliphatic carbocycles. The molecule has 2 fully saturated rings. The molecule has 2 aliphatic rings. The number of carbonyl (C=O) groups is 1. The van der Waals surface area contributed by atoms with Gasteiger partial charge in [0.05, 0.1) is 25.7 Å². The van der Waals surface area contributed by atoms with Crippen molar-refractivity contribution in [3.05, 3.63) is 18.2 Å². The van der Waals surface area contributed by atoms with Crippen molar-refractivity contribution in [1.29, 1.82) is 0 Å². The summed E-state index contributed by atoms with van der Waals surface area (Å²) in [6.07, 6.45) is 4.67. The van der Waals surface area contributed by atoms with Gasteiger partial charge in [-0.05, 0) is 43.7 Å². The topological polar surface area (TPSA) is 81.5 Å². The van der Waals surface area contributed by atoms with Crippen LogP contribution in [0.25, 0.3) is 0 Å². The zero-order valence-corrected chi connectivity index (χ0v) is 18.6. The summed E-state index contributed by atoms with van der Waals surface area (Å²) in [6, 6.07) is 5.78. The van der Waals surface area contributed by atoms with E-state index in [9.17, 15) is 4.79 Å². The highest BCUT2D eigenvalue weighted by Gasteiger charge is 2.32. The lowest BCUT2D eigenvalue weighted by atomic mass is 10.00. The third kappa shape index (κ3) is 4.66. The lowest BCUT2D eigenvalue weighted by molar-refractivity contribution is -0.113. The molecule has 0 unspecified atom stereocenters. The zero-order valence-electron chi connectivity index (χ0n) is 17.8. The number of anilines is 2. The highest BCUT2D eigenvalue weighted by Crippen LogP contribution is 2.41. The molecule has 1 aromatic carbocycles. The van der Waals surface area contributed by atoms with E-state index in [1.165, 1.54) is 24.6 Å². The molecule has 162 valence electrons. The zero-order chi connectivity index (χ0) is 21.1. The van der Waals surface area contributed by atoms with Crippen LogP contribution in [0.3, 0.4) is 0 Å². The molecule has 2 heterocycles. The number of carbonyl (C=O) groups excluding carboxylic acids is 1. The lowest BCUT2D eigenvalue weighted by Gasteiger charge is -2.31. The van der Waals surface area contributed by atoms with Gasteiger partial charge in [0.2, 0.25) is 11.9 Å². The molecular formula is C21H29N5O3S. The van der Waals surface area contributed by atoms with E-state index in [2.05, 4.69) is 31.9 Å². The predicted octanol–water partition coefficient (Wildman–Crippen LogP) is 3.60. The SMILES string of the molecule is COc1ccc(OC)c(NC(=O)CSc2nnc(N3CCC(C)CC3)n2C2CC2)c1. The fraction of sp³-hybridized carbons (Fsp3) is 0.571. The van der Waals surface area contributed by atoms with Crippen LogP contribution < -0.4 is 19.7 Å². The third-order valence-electron chi connectivity index (χ3n) is 5.64. The van der Waals surface area contributed by atoms with Gasteiger partial charge < -0.3 is 19.7 Å². The Labute approximate surface area is 181 Å². The first-order valence-corrected chi connectivity index (χ1v) is 11.4. The number of thioether (sulfide) groups is 1. The van der Waals surface area contributed by atoms with Crippen molar-refractivity contribution < 1.29 is 14.3 Å². The summed E-state index contributed by atoms with van der Waals surface area (Å²) >= 11 is 1.43. The van der Waals surface area contributed by atoms with Gasteiger partial charge in [0, 0.05) is 25.2 Å². The van der Waals surface area contributed by atoms with Crippen LogP contribution in [0.15, 0.2) is 23.4 Å². The number of aromatic nitrogens is 3. The number of benzene rings is 1. The standard InChI is InChI=1S/C21H29N5O3S/c1-14-8-10-25(11-9-14)20-23-24-21(26(20)15-4-5-15)30-13-19(27)22-17-12-16(28-2)6-7-18(17)29-3/h6-7,12,14-15H,4-5,8-11,13H2,1-3H3,(H,22,27). The molecule has 0 radical (unpaired) electrons. The minimum absolute atomic E-state index is 0.120. The summed E-state index contributed by atoms with van der Waals surface area (Å²) in [5.41, 5.74) is 0.592. The Bertz CT molecular complexity index is 891. The molecule has 0 bridgehead atoms. The van der Waals surface area contributed by atoms with Crippen molar-refractivity contribution in [2.75, 3.05) is 43.3 Å². The van der Waals surface area contributed by atoms with Crippen molar-refractivity contribution in [2.24, 2.45) is 5.92 Å². The van der Waals surface area contributed by atoms with Gasteiger partial charge in [-0.1, -0.05) is 18.7 Å². The van der Waals surface area contributed by atoms with E-state index >= 15 is 0 Å². The number of amides is 1. The Hall–Kier alpha value is -2.42. The van der Waals surface area contributed by atoms with Crippen LogP contribution >= 0.6 is 11.8 Å². The minimum atomic E-state index is -0.120. The first-order chi connectivity index (χ1) is 14.6. The van der Waals surface area contributed by atoms with E-state index in [0.717, 1.165) is 43.0 Å². The number of nitrogens with zero attached hydrogens (tertiary/aromatic N) is 4. The molecule has 1 saturated carbocycles. The van der Waals surface area contributed by atoms with E-state index < -0.39 is 0 Å². The molecule has 1 aromatic heterocycles. The molecule has 1 N–H and O–H groups in total. The quantitative estimate of drug-likeness (QED) is 0.640. The molecule has 0 spiro atoms. The molecule has 8 nitrogen and oxygen atoms in total. The molecule has 30 heavy (non-hydrogen) atoms. The molecule has 9 heteroatoms. The van der Waals surface area contributed by atoms with E-state index in [4.69, 9.17) is 9.47 Å². The fourth-order valence-electron chi connectivity index (χ4n) is 3.67. The second-order valence-electron chi connectivity index (χ2n) is 7.96. The van der Waals surface area contributed by atoms with Crippen LogP contribution in [0.1, 0.15) is 38.6 Å². The molecule has 1 saturated heterocycles. The summed E-state index contributed by atoms with van der Waals surface area (Å²) in [5.74, 6) is 3.11. The fourth-order valence-corrected chi connectivity index (χ4v) is 4.47. The van der Waals surface area contributed by atoms with Gasteiger partial charge in [0.15, 0.2) is 5.16 Å². The first-order valence-electron chi connectivity index (χ1n) is 10.4. The summed E-state index contributed by atoms with van der Waals surface area (Å²) < 4.78 is 12.8. The summed E-state index contributed by atoms with van der Waals surface area (Å²) in [4.78, 5) is 14.9. The molecule has 4 rings (SSSR count). The van der Waals surface area contributed by atoms with Gasteiger partial charge in [-0.25, -0.2) is 0 Å². The Morgan fingerprint density at radius 2 is 1.93 bits per heavy atom.